The summed E-state index contributed by atoms with van der Waals surface area (Å²) in [6, 6.07) is 3.43. The Hall–Kier alpha value is -0.850. The standard InChI is InChI=1S/C16H20F4N2.ClH/c17-13-6-2-5-12(14(13)16(18,19)20)15(11-3-1-4-11)22-9-7-21-8-10-22;/h2,5-6,11,15,21H,1,3-4,7-10H2;1H/t15-;/m0./s1. The van der Waals surface area contributed by atoms with Crippen LogP contribution in [0.25, 0.3) is 0 Å². The minimum absolute atomic E-state index is 0. The minimum atomic E-state index is -4.66. The normalized spacial score (nSPS) is 21.4. The van der Waals surface area contributed by atoms with Crippen molar-refractivity contribution in [3.63, 3.8) is 0 Å². The lowest BCUT2D eigenvalue weighted by atomic mass is 9.75. The average Bonchev–Trinajstić information content (AvgIpc) is 2.42. The summed E-state index contributed by atoms with van der Waals surface area (Å²) >= 11 is 0. The monoisotopic (exact) mass is 352 g/mol. The average molecular weight is 353 g/mol. The van der Waals surface area contributed by atoms with Crippen LogP contribution in [-0.2, 0) is 6.18 Å². The van der Waals surface area contributed by atoms with Gasteiger partial charge in [-0.25, -0.2) is 4.39 Å². The van der Waals surface area contributed by atoms with Gasteiger partial charge in [0.25, 0.3) is 0 Å². The van der Waals surface area contributed by atoms with Crippen LogP contribution < -0.4 is 5.32 Å². The van der Waals surface area contributed by atoms with Crippen molar-refractivity contribution in [3.8, 4) is 0 Å². The second kappa shape index (κ2) is 7.36. The lowest BCUT2D eigenvalue weighted by molar-refractivity contribution is -0.141. The van der Waals surface area contributed by atoms with Crippen LogP contribution in [0, 0.1) is 11.7 Å². The first-order chi connectivity index (χ1) is 10.5. The Morgan fingerprint density at radius 1 is 1.13 bits per heavy atom. The van der Waals surface area contributed by atoms with Gasteiger partial charge in [-0.05, 0) is 30.4 Å². The van der Waals surface area contributed by atoms with E-state index in [9.17, 15) is 17.6 Å². The predicted molar refractivity (Wildman–Crippen MR) is 83.2 cm³/mol. The second-order valence-electron chi connectivity index (χ2n) is 6.12. The lowest BCUT2D eigenvalue weighted by Crippen LogP contribution is -2.48. The summed E-state index contributed by atoms with van der Waals surface area (Å²) < 4.78 is 54.0. The van der Waals surface area contributed by atoms with Gasteiger partial charge >= 0.3 is 6.18 Å². The Balaban J connectivity index is 0.00000192. The van der Waals surface area contributed by atoms with Crippen LogP contribution in [0.2, 0.25) is 0 Å². The zero-order valence-corrected chi connectivity index (χ0v) is 13.5. The van der Waals surface area contributed by atoms with Crippen molar-refractivity contribution in [1.82, 2.24) is 10.2 Å². The molecule has 0 unspecified atom stereocenters. The first-order valence-electron chi connectivity index (χ1n) is 7.79. The molecule has 1 aromatic carbocycles. The molecule has 1 saturated carbocycles. The van der Waals surface area contributed by atoms with Gasteiger partial charge in [0.15, 0.2) is 0 Å². The molecular formula is C16H21ClF4N2. The van der Waals surface area contributed by atoms with Crippen molar-refractivity contribution in [2.75, 3.05) is 26.2 Å². The number of nitrogens with one attached hydrogen (secondary N) is 1. The van der Waals surface area contributed by atoms with Gasteiger partial charge in [-0.15, -0.1) is 12.4 Å². The second-order valence-corrected chi connectivity index (χ2v) is 6.12. The fourth-order valence-electron chi connectivity index (χ4n) is 3.55. The van der Waals surface area contributed by atoms with Crippen LogP contribution >= 0.6 is 12.4 Å². The van der Waals surface area contributed by atoms with E-state index in [1.807, 2.05) is 0 Å². The van der Waals surface area contributed by atoms with Crippen molar-refractivity contribution in [2.45, 2.75) is 31.5 Å². The number of alkyl halides is 3. The summed E-state index contributed by atoms with van der Waals surface area (Å²) in [5, 5.41) is 3.21. The van der Waals surface area contributed by atoms with Crippen molar-refractivity contribution >= 4 is 12.4 Å². The van der Waals surface area contributed by atoms with E-state index in [0.717, 1.165) is 38.4 Å². The van der Waals surface area contributed by atoms with Crippen LogP contribution in [0.3, 0.4) is 0 Å². The number of piperazine rings is 1. The summed E-state index contributed by atoms with van der Waals surface area (Å²) in [4.78, 5) is 2.09. The van der Waals surface area contributed by atoms with Crippen molar-refractivity contribution < 1.29 is 17.6 Å². The number of nitrogens with zero attached hydrogens (tertiary/aromatic N) is 1. The zero-order chi connectivity index (χ0) is 15.7. The Bertz CT molecular complexity index is 525. The molecule has 2 aliphatic rings. The maximum Gasteiger partial charge on any atom is 0.419 e. The molecule has 0 radical (unpaired) electrons. The number of hydrogen-bond acceptors (Lipinski definition) is 2. The number of hydrogen-bond donors (Lipinski definition) is 1. The maximum atomic E-state index is 13.9. The maximum absolute atomic E-state index is 13.9. The van der Waals surface area contributed by atoms with Crippen LogP contribution in [-0.4, -0.2) is 31.1 Å². The minimum Gasteiger partial charge on any atom is -0.314 e. The van der Waals surface area contributed by atoms with Crippen LogP contribution in [0.5, 0.6) is 0 Å². The first kappa shape index (κ1) is 18.5. The summed E-state index contributed by atoms with van der Waals surface area (Å²) in [5.74, 6) is -0.967. The molecule has 1 aliphatic heterocycles. The summed E-state index contributed by atoms with van der Waals surface area (Å²) in [6.45, 7) is 2.93. The molecule has 0 amide bonds. The number of rotatable bonds is 3. The van der Waals surface area contributed by atoms with Gasteiger partial charge in [0.1, 0.15) is 5.82 Å². The summed E-state index contributed by atoms with van der Waals surface area (Å²) in [6.07, 6.45) is -1.77. The van der Waals surface area contributed by atoms with E-state index in [4.69, 9.17) is 0 Å². The zero-order valence-electron chi connectivity index (χ0n) is 12.7. The van der Waals surface area contributed by atoms with Gasteiger partial charge in [0, 0.05) is 32.2 Å². The van der Waals surface area contributed by atoms with Crippen molar-refractivity contribution in [2.24, 2.45) is 5.92 Å². The fourth-order valence-corrected chi connectivity index (χ4v) is 3.55. The third kappa shape index (κ3) is 3.80. The Morgan fingerprint density at radius 3 is 2.30 bits per heavy atom. The molecule has 3 rings (SSSR count). The Kier molecular flexibility index (Phi) is 5.92. The molecule has 0 bridgehead atoms. The summed E-state index contributed by atoms with van der Waals surface area (Å²) in [7, 11) is 0. The molecule has 1 heterocycles. The van der Waals surface area contributed by atoms with Gasteiger partial charge in [0.2, 0.25) is 0 Å². The lowest BCUT2D eigenvalue weighted by Gasteiger charge is -2.44. The van der Waals surface area contributed by atoms with Gasteiger partial charge in [-0.3, -0.25) is 4.90 Å². The van der Waals surface area contributed by atoms with E-state index in [2.05, 4.69) is 10.2 Å². The van der Waals surface area contributed by atoms with Crippen LogP contribution in [0.4, 0.5) is 17.6 Å². The molecule has 1 aliphatic carbocycles. The highest BCUT2D eigenvalue weighted by Gasteiger charge is 2.42. The molecule has 130 valence electrons. The molecule has 1 N–H and O–H groups in total. The van der Waals surface area contributed by atoms with Crippen molar-refractivity contribution in [1.29, 1.82) is 0 Å². The van der Waals surface area contributed by atoms with E-state index in [0.29, 0.717) is 13.1 Å². The van der Waals surface area contributed by atoms with Gasteiger partial charge in [-0.2, -0.15) is 13.2 Å². The van der Waals surface area contributed by atoms with E-state index in [-0.39, 0.29) is 29.9 Å². The van der Waals surface area contributed by atoms with Crippen LogP contribution in [0.15, 0.2) is 18.2 Å². The quantitative estimate of drug-likeness (QED) is 0.827. The molecule has 2 fully saturated rings. The highest BCUT2D eigenvalue weighted by Crippen LogP contribution is 2.46. The highest BCUT2D eigenvalue weighted by atomic mass is 35.5. The van der Waals surface area contributed by atoms with E-state index >= 15 is 0 Å². The van der Waals surface area contributed by atoms with E-state index in [1.165, 1.54) is 12.1 Å². The SMILES string of the molecule is Cl.Fc1cccc([C@H](C2CCC2)N2CCNCC2)c1C(F)(F)F. The van der Waals surface area contributed by atoms with Gasteiger partial charge < -0.3 is 5.32 Å². The molecule has 2 nitrogen and oxygen atoms in total. The molecular weight excluding hydrogens is 332 g/mol. The first-order valence-corrected chi connectivity index (χ1v) is 7.79. The fraction of sp³-hybridized carbons (Fsp3) is 0.625. The number of halogens is 5. The predicted octanol–water partition coefficient (Wildman–Crippen LogP) is 4.01. The van der Waals surface area contributed by atoms with Gasteiger partial charge in [-0.1, -0.05) is 18.6 Å². The summed E-state index contributed by atoms with van der Waals surface area (Å²) in [5.41, 5.74) is -0.968. The molecule has 1 aromatic rings. The molecule has 0 aromatic heterocycles. The molecule has 7 heteroatoms. The molecule has 1 saturated heterocycles. The molecule has 0 spiro atoms. The molecule has 23 heavy (non-hydrogen) atoms. The Labute approximate surface area is 139 Å². The van der Waals surface area contributed by atoms with Crippen LogP contribution in [0.1, 0.15) is 36.4 Å². The molecule has 1 atom stereocenters. The van der Waals surface area contributed by atoms with Crippen molar-refractivity contribution in [3.05, 3.63) is 35.1 Å². The van der Waals surface area contributed by atoms with Gasteiger partial charge in [0.05, 0.1) is 5.56 Å². The third-order valence-corrected chi connectivity index (χ3v) is 4.79. The highest BCUT2D eigenvalue weighted by molar-refractivity contribution is 5.85. The van der Waals surface area contributed by atoms with E-state index in [1.54, 1.807) is 0 Å². The smallest absolute Gasteiger partial charge is 0.314 e. The Morgan fingerprint density at radius 2 is 1.78 bits per heavy atom. The van der Waals surface area contributed by atoms with E-state index < -0.39 is 17.6 Å². The third-order valence-electron chi connectivity index (χ3n) is 4.79. The largest absolute Gasteiger partial charge is 0.419 e. The topological polar surface area (TPSA) is 15.3 Å². The number of benzene rings is 1.